The van der Waals surface area contributed by atoms with Crippen LogP contribution < -0.4 is 0 Å². The molecule has 3 heteroatoms. The van der Waals surface area contributed by atoms with Gasteiger partial charge in [-0.1, -0.05) is 32.6 Å². The summed E-state index contributed by atoms with van der Waals surface area (Å²) < 4.78 is 5.02. The molecule has 0 aliphatic heterocycles. The van der Waals surface area contributed by atoms with E-state index in [9.17, 15) is 4.79 Å². The Morgan fingerprint density at radius 2 is 1.71 bits per heavy atom. The van der Waals surface area contributed by atoms with E-state index >= 15 is 0 Å². The van der Waals surface area contributed by atoms with Crippen molar-refractivity contribution < 1.29 is 14.2 Å². The van der Waals surface area contributed by atoms with Crippen LogP contribution in [0.2, 0.25) is 0 Å². The van der Waals surface area contributed by atoms with Crippen molar-refractivity contribution in [3.8, 4) is 0 Å². The standard InChI is InChI=1S/C11H22O2.FH/c1-4-5-6-7-8-9-11(12)13-10(2)3;/h10H,4-9H2,1-3H3;1H. The van der Waals surface area contributed by atoms with Gasteiger partial charge in [0.2, 0.25) is 0 Å². The zero-order chi connectivity index (χ0) is 10.1. The second kappa shape index (κ2) is 10.5. The SMILES string of the molecule is CCCCCCCC(=O)OC(C)C.F. The summed E-state index contributed by atoms with van der Waals surface area (Å²) in [6, 6.07) is 0. The number of esters is 1. The molecule has 0 N–H and O–H groups in total. The van der Waals surface area contributed by atoms with E-state index in [1.165, 1.54) is 19.3 Å². The Bertz CT molecular complexity index is 135. The number of ether oxygens (including phenoxy) is 1. The first-order valence-electron chi connectivity index (χ1n) is 5.36. The van der Waals surface area contributed by atoms with Crippen LogP contribution in [0.4, 0.5) is 4.70 Å². The Morgan fingerprint density at radius 1 is 1.14 bits per heavy atom. The van der Waals surface area contributed by atoms with Crippen molar-refractivity contribution in [2.24, 2.45) is 0 Å². The summed E-state index contributed by atoms with van der Waals surface area (Å²) in [6.45, 7) is 5.96. The van der Waals surface area contributed by atoms with Gasteiger partial charge in [-0.15, -0.1) is 0 Å². The zero-order valence-corrected chi connectivity index (χ0v) is 9.54. The largest absolute Gasteiger partial charge is 0.463 e. The Labute approximate surface area is 86.4 Å². The van der Waals surface area contributed by atoms with E-state index in [1.54, 1.807) is 0 Å². The molecular weight excluding hydrogens is 183 g/mol. The van der Waals surface area contributed by atoms with Gasteiger partial charge in [-0.05, 0) is 20.3 Å². The number of hydrogen-bond donors (Lipinski definition) is 0. The third-order valence-corrected chi connectivity index (χ3v) is 1.85. The van der Waals surface area contributed by atoms with Crippen LogP contribution in [0.15, 0.2) is 0 Å². The summed E-state index contributed by atoms with van der Waals surface area (Å²) in [6.07, 6.45) is 6.51. The number of unbranched alkanes of at least 4 members (excludes halogenated alkanes) is 4. The third-order valence-electron chi connectivity index (χ3n) is 1.85. The molecule has 0 atom stereocenters. The summed E-state index contributed by atoms with van der Waals surface area (Å²) in [5, 5.41) is 0. The molecule has 0 aliphatic carbocycles. The van der Waals surface area contributed by atoms with Gasteiger partial charge >= 0.3 is 5.97 Å². The second-order valence-electron chi connectivity index (χ2n) is 3.70. The van der Waals surface area contributed by atoms with Gasteiger partial charge in [-0.3, -0.25) is 9.50 Å². The van der Waals surface area contributed by atoms with Crippen LogP contribution in [0.1, 0.15) is 59.3 Å². The van der Waals surface area contributed by atoms with E-state index in [1.807, 2.05) is 13.8 Å². The minimum atomic E-state index is -0.0495. The second-order valence-corrected chi connectivity index (χ2v) is 3.70. The highest BCUT2D eigenvalue weighted by Crippen LogP contribution is 2.06. The molecule has 0 aromatic heterocycles. The van der Waals surface area contributed by atoms with Gasteiger partial charge in [0, 0.05) is 6.42 Å². The van der Waals surface area contributed by atoms with Crippen molar-refractivity contribution in [2.75, 3.05) is 0 Å². The molecule has 14 heavy (non-hydrogen) atoms. The predicted octanol–water partition coefficient (Wildman–Crippen LogP) is 3.45. The Kier molecular flexibility index (Phi) is 11.9. The number of rotatable bonds is 7. The minimum Gasteiger partial charge on any atom is -0.463 e. The number of hydrogen-bond acceptors (Lipinski definition) is 2. The highest BCUT2D eigenvalue weighted by Gasteiger charge is 2.03. The molecule has 0 aliphatic rings. The molecule has 0 saturated heterocycles. The molecule has 0 fully saturated rings. The smallest absolute Gasteiger partial charge is 0.306 e. The fourth-order valence-corrected chi connectivity index (χ4v) is 1.19. The monoisotopic (exact) mass is 206 g/mol. The highest BCUT2D eigenvalue weighted by atomic mass is 19.0. The molecular formula is C11H23FO2. The first-order valence-corrected chi connectivity index (χ1v) is 5.36. The summed E-state index contributed by atoms with van der Waals surface area (Å²) in [7, 11) is 0. The number of carbonyl (C=O) groups excluding carboxylic acids is 1. The normalized spacial score (nSPS) is 9.71. The first kappa shape index (κ1) is 15.9. The molecule has 2 nitrogen and oxygen atoms in total. The van der Waals surface area contributed by atoms with Crippen LogP contribution in [0.5, 0.6) is 0 Å². The van der Waals surface area contributed by atoms with Gasteiger partial charge < -0.3 is 4.74 Å². The van der Waals surface area contributed by atoms with E-state index in [2.05, 4.69) is 6.92 Å². The maximum atomic E-state index is 11.1. The molecule has 0 spiro atoms. The Hall–Kier alpha value is -0.600. The molecule has 0 aromatic rings. The van der Waals surface area contributed by atoms with Crippen molar-refractivity contribution in [3.05, 3.63) is 0 Å². The summed E-state index contributed by atoms with van der Waals surface area (Å²) >= 11 is 0. The lowest BCUT2D eigenvalue weighted by Gasteiger charge is -2.07. The summed E-state index contributed by atoms with van der Waals surface area (Å²) in [5.41, 5.74) is 0. The fourth-order valence-electron chi connectivity index (χ4n) is 1.19. The summed E-state index contributed by atoms with van der Waals surface area (Å²) in [4.78, 5) is 11.1. The molecule has 0 heterocycles. The molecule has 0 bridgehead atoms. The van der Waals surface area contributed by atoms with E-state index in [-0.39, 0.29) is 16.8 Å². The van der Waals surface area contributed by atoms with Gasteiger partial charge in [-0.2, -0.15) is 0 Å². The van der Waals surface area contributed by atoms with Crippen LogP contribution in [0.25, 0.3) is 0 Å². The average Bonchev–Trinajstić information content (AvgIpc) is 2.02. The quantitative estimate of drug-likeness (QED) is 0.471. The fraction of sp³-hybridized carbons (Fsp3) is 0.909. The molecule has 0 aromatic carbocycles. The average molecular weight is 206 g/mol. The molecule has 0 unspecified atom stereocenters. The third kappa shape index (κ3) is 11.4. The summed E-state index contributed by atoms with van der Waals surface area (Å²) in [5.74, 6) is -0.0495. The highest BCUT2D eigenvalue weighted by molar-refractivity contribution is 5.69. The van der Waals surface area contributed by atoms with E-state index in [0.29, 0.717) is 6.42 Å². The molecule has 0 rings (SSSR count). The molecule has 0 radical (unpaired) electrons. The van der Waals surface area contributed by atoms with Crippen molar-refractivity contribution in [2.45, 2.75) is 65.4 Å². The van der Waals surface area contributed by atoms with Crippen molar-refractivity contribution in [1.29, 1.82) is 0 Å². The van der Waals surface area contributed by atoms with Crippen molar-refractivity contribution >= 4 is 5.97 Å². The topological polar surface area (TPSA) is 26.3 Å². The molecule has 0 saturated carbocycles. The minimum absolute atomic E-state index is 0. The van der Waals surface area contributed by atoms with Crippen LogP contribution >= 0.6 is 0 Å². The van der Waals surface area contributed by atoms with E-state index in [4.69, 9.17) is 4.74 Å². The van der Waals surface area contributed by atoms with Gasteiger partial charge in [0.25, 0.3) is 0 Å². The van der Waals surface area contributed by atoms with Crippen molar-refractivity contribution in [3.63, 3.8) is 0 Å². The maximum absolute atomic E-state index is 11.1. The van der Waals surface area contributed by atoms with Crippen molar-refractivity contribution in [1.82, 2.24) is 0 Å². The van der Waals surface area contributed by atoms with E-state index in [0.717, 1.165) is 12.8 Å². The molecule has 0 amide bonds. The van der Waals surface area contributed by atoms with Crippen LogP contribution in [-0.2, 0) is 9.53 Å². The zero-order valence-electron chi connectivity index (χ0n) is 9.54. The lowest BCUT2D eigenvalue weighted by atomic mass is 10.1. The van der Waals surface area contributed by atoms with Gasteiger partial charge in [0.15, 0.2) is 0 Å². The lowest BCUT2D eigenvalue weighted by molar-refractivity contribution is -0.147. The van der Waals surface area contributed by atoms with Gasteiger partial charge in [-0.25, -0.2) is 0 Å². The van der Waals surface area contributed by atoms with Gasteiger partial charge in [0.1, 0.15) is 0 Å². The predicted molar refractivity (Wildman–Crippen MR) is 57.1 cm³/mol. The maximum Gasteiger partial charge on any atom is 0.306 e. The van der Waals surface area contributed by atoms with Gasteiger partial charge in [0.05, 0.1) is 6.10 Å². The van der Waals surface area contributed by atoms with E-state index < -0.39 is 0 Å². The Morgan fingerprint density at radius 3 is 2.21 bits per heavy atom. The number of carbonyl (C=O) groups is 1. The lowest BCUT2D eigenvalue weighted by Crippen LogP contribution is -2.10. The van der Waals surface area contributed by atoms with Crippen LogP contribution in [0, 0.1) is 0 Å². The molecule has 86 valence electrons. The Balaban J connectivity index is 0. The number of halogens is 1. The van der Waals surface area contributed by atoms with Crippen LogP contribution in [-0.4, -0.2) is 12.1 Å². The van der Waals surface area contributed by atoms with Crippen LogP contribution in [0.3, 0.4) is 0 Å². The first-order chi connectivity index (χ1) is 6.16.